The summed E-state index contributed by atoms with van der Waals surface area (Å²) in [5.41, 5.74) is 0.435. The highest BCUT2D eigenvalue weighted by atomic mass is 32.2. The number of guanidine groups is 1. The van der Waals surface area contributed by atoms with Crippen molar-refractivity contribution in [2.24, 2.45) is 10.9 Å². The molecule has 0 atom stereocenters. The van der Waals surface area contributed by atoms with Crippen LogP contribution in [-0.4, -0.2) is 68.5 Å². The molecule has 1 aliphatic rings. The van der Waals surface area contributed by atoms with Crippen LogP contribution in [0, 0.1) is 5.92 Å². The van der Waals surface area contributed by atoms with E-state index in [9.17, 15) is 8.42 Å². The van der Waals surface area contributed by atoms with Crippen LogP contribution in [0.3, 0.4) is 0 Å². The molecule has 1 fully saturated rings. The zero-order valence-corrected chi connectivity index (χ0v) is 16.1. The lowest BCUT2D eigenvalue weighted by Crippen LogP contribution is -2.54. The van der Waals surface area contributed by atoms with Gasteiger partial charge in [0.2, 0.25) is 10.0 Å². The SMILES string of the molecule is CN=C(NCCCC(C)C)N1CCN(S(=O)(=O)Cc2ccon2)CC1. The van der Waals surface area contributed by atoms with Crippen molar-refractivity contribution in [3.8, 4) is 0 Å². The van der Waals surface area contributed by atoms with Gasteiger partial charge in [0, 0.05) is 45.8 Å². The Bertz CT molecular complexity index is 635. The van der Waals surface area contributed by atoms with E-state index in [1.54, 1.807) is 13.1 Å². The molecular weight excluding hydrogens is 342 g/mol. The fourth-order valence-electron chi connectivity index (χ4n) is 2.81. The lowest BCUT2D eigenvalue weighted by molar-refractivity contribution is 0.259. The molecule has 8 nitrogen and oxygen atoms in total. The largest absolute Gasteiger partial charge is 0.364 e. The molecule has 2 rings (SSSR count). The average Bonchev–Trinajstić information content (AvgIpc) is 3.07. The maximum absolute atomic E-state index is 12.5. The molecule has 0 spiro atoms. The van der Waals surface area contributed by atoms with Crippen molar-refractivity contribution < 1.29 is 12.9 Å². The standard InChI is InChI=1S/C16H29N5O3S/c1-14(2)5-4-7-18-16(17-3)20-8-10-21(11-9-20)25(22,23)13-15-6-12-24-19-15/h6,12,14H,4-5,7-11,13H2,1-3H3,(H,17,18). The quantitative estimate of drug-likeness (QED) is 0.439. The maximum Gasteiger partial charge on any atom is 0.220 e. The monoisotopic (exact) mass is 371 g/mol. The van der Waals surface area contributed by atoms with Crippen molar-refractivity contribution in [1.29, 1.82) is 0 Å². The third-order valence-electron chi connectivity index (χ3n) is 4.21. The zero-order valence-electron chi connectivity index (χ0n) is 15.3. The van der Waals surface area contributed by atoms with Gasteiger partial charge in [-0.2, -0.15) is 4.31 Å². The highest BCUT2D eigenvalue weighted by Crippen LogP contribution is 2.13. The molecule has 1 aromatic rings. The molecular formula is C16H29N5O3S. The summed E-state index contributed by atoms with van der Waals surface area (Å²) in [5, 5.41) is 7.06. The van der Waals surface area contributed by atoms with E-state index in [4.69, 9.17) is 4.52 Å². The number of piperazine rings is 1. The van der Waals surface area contributed by atoms with Gasteiger partial charge in [0.1, 0.15) is 12.0 Å². The number of sulfonamides is 1. The molecule has 1 aliphatic heterocycles. The Morgan fingerprint density at radius 3 is 2.64 bits per heavy atom. The summed E-state index contributed by atoms with van der Waals surface area (Å²) in [7, 11) is -1.61. The number of aliphatic imine (C=N–C) groups is 1. The highest BCUT2D eigenvalue weighted by molar-refractivity contribution is 7.88. The zero-order chi connectivity index (χ0) is 18.3. The van der Waals surface area contributed by atoms with Crippen LogP contribution < -0.4 is 5.32 Å². The normalized spacial score (nSPS) is 17.3. The molecule has 0 unspecified atom stereocenters. The van der Waals surface area contributed by atoms with Crippen LogP contribution in [0.5, 0.6) is 0 Å². The van der Waals surface area contributed by atoms with E-state index in [1.807, 2.05) is 0 Å². The molecule has 0 aliphatic carbocycles. The first kappa shape index (κ1) is 19.7. The van der Waals surface area contributed by atoms with E-state index in [2.05, 4.69) is 34.2 Å². The van der Waals surface area contributed by atoms with E-state index in [-0.39, 0.29) is 5.75 Å². The topological polar surface area (TPSA) is 91.0 Å². The summed E-state index contributed by atoms with van der Waals surface area (Å²) in [6.07, 6.45) is 3.67. The Morgan fingerprint density at radius 2 is 2.08 bits per heavy atom. The fraction of sp³-hybridized carbons (Fsp3) is 0.750. The Morgan fingerprint density at radius 1 is 1.36 bits per heavy atom. The van der Waals surface area contributed by atoms with E-state index in [1.165, 1.54) is 17.0 Å². The number of nitrogens with zero attached hydrogens (tertiary/aromatic N) is 4. The summed E-state index contributed by atoms with van der Waals surface area (Å²) >= 11 is 0. The van der Waals surface area contributed by atoms with Crippen LogP contribution in [0.25, 0.3) is 0 Å². The summed E-state index contributed by atoms with van der Waals surface area (Å²) in [5.74, 6) is 1.42. The summed E-state index contributed by atoms with van der Waals surface area (Å²) in [6, 6.07) is 1.58. The Kier molecular flexibility index (Phi) is 7.24. The molecule has 25 heavy (non-hydrogen) atoms. The van der Waals surface area contributed by atoms with Crippen molar-refractivity contribution in [1.82, 2.24) is 19.7 Å². The first-order valence-electron chi connectivity index (χ1n) is 8.75. The first-order chi connectivity index (χ1) is 11.9. The van der Waals surface area contributed by atoms with Crippen molar-refractivity contribution in [2.75, 3.05) is 39.8 Å². The van der Waals surface area contributed by atoms with E-state index in [0.717, 1.165) is 18.9 Å². The van der Waals surface area contributed by atoms with E-state index in [0.29, 0.717) is 37.8 Å². The third kappa shape index (κ3) is 6.00. The van der Waals surface area contributed by atoms with Crippen molar-refractivity contribution in [3.05, 3.63) is 18.0 Å². The molecule has 1 N–H and O–H groups in total. The Hall–Kier alpha value is -1.61. The van der Waals surface area contributed by atoms with Crippen LogP contribution in [0.1, 0.15) is 32.4 Å². The first-order valence-corrected chi connectivity index (χ1v) is 10.4. The number of hydrogen-bond donors (Lipinski definition) is 1. The van der Waals surface area contributed by atoms with Crippen LogP contribution in [0.4, 0.5) is 0 Å². The number of rotatable bonds is 7. The molecule has 142 valence electrons. The van der Waals surface area contributed by atoms with E-state index >= 15 is 0 Å². The van der Waals surface area contributed by atoms with Crippen molar-refractivity contribution in [2.45, 2.75) is 32.4 Å². The molecule has 0 amide bonds. The van der Waals surface area contributed by atoms with E-state index < -0.39 is 10.0 Å². The summed E-state index contributed by atoms with van der Waals surface area (Å²) in [6.45, 7) is 7.47. The van der Waals surface area contributed by atoms with Gasteiger partial charge in [-0.1, -0.05) is 19.0 Å². The maximum atomic E-state index is 12.5. The molecule has 0 aromatic carbocycles. The number of nitrogens with one attached hydrogen (secondary N) is 1. The number of hydrogen-bond acceptors (Lipinski definition) is 5. The second-order valence-electron chi connectivity index (χ2n) is 6.64. The van der Waals surface area contributed by atoms with Gasteiger partial charge in [0.05, 0.1) is 5.69 Å². The third-order valence-corrected chi connectivity index (χ3v) is 6.02. The van der Waals surface area contributed by atoms with Crippen LogP contribution in [0.2, 0.25) is 0 Å². The molecule has 0 radical (unpaired) electrons. The molecule has 1 aromatic heterocycles. The average molecular weight is 372 g/mol. The predicted molar refractivity (Wildman–Crippen MR) is 97.7 cm³/mol. The fourth-order valence-corrected chi connectivity index (χ4v) is 4.24. The smallest absolute Gasteiger partial charge is 0.220 e. The van der Waals surface area contributed by atoms with Gasteiger partial charge in [0.15, 0.2) is 5.96 Å². The highest BCUT2D eigenvalue weighted by Gasteiger charge is 2.28. The van der Waals surface area contributed by atoms with Gasteiger partial charge in [-0.25, -0.2) is 8.42 Å². The second kappa shape index (κ2) is 9.19. The minimum absolute atomic E-state index is 0.119. The Labute approximate surface area is 150 Å². The summed E-state index contributed by atoms with van der Waals surface area (Å²) in [4.78, 5) is 6.43. The minimum Gasteiger partial charge on any atom is -0.364 e. The molecule has 0 saturated carbocycles. The minimum atomic E-state index is -3.37. The molecule has 0 bridgehead atoms. The van der Waals surface area contributed by atoms with Gasteiger partial charge in [-0.05, 0) is 18.8 Å². The van der Waals surface area contributed by atoms with Gasteiger partial charge in [-0.15, -0.1) is 0 Å². The molecule has 9 heteroatoms. The van der Waals surface area contributed by atoms with Crippen LogP contribution in [0.15, 0.2) is 21.8 Å². The lowest BCUT2D eigenvalue weighted by atomic mass is 10.1. The van der Waals surface area contributed by atoms with Crippen LogP contribution in [-0.2, 0) is 15.8 Å². The van der Waals surface area contributed by atoms with Crippen molar-refractivity contribution in [3.63, 3.8) is 0 Å². The lowest BCUT2D eigenvalue weighted by Gasteiger charge is -2.35. The van der Waals surface area contributed by atoms with Crippen molar-refractivity contribution >= 4 is 16.0 Å². The van der Waals surface area contributed by atoms with Gasteiger partial charge in [-0.3, -0.25) is 4.99 Å². The molecule has 1 saturated heterocycles. The summed E-state index contributed by atoms with van der Waals surface area (Å²) < 4.78 is 31.1. The predicted octanol–water partition coefficient (Wildman–Crippen LogP) is 1.13. The Balaban J connectivity index is 1.81. The van der Waals surface area contributed by atoms with Gasteiger partial charge in [0.25, 0.3) is 0 Å². The molecule has 2 heterocycles. The number of aromatic nitrogens is 1. The van der Waals surface area contributed by atoms with Gasteiger partial charge >= 0.3 is 0 Å². The second-order valence-corrected chi connectivity index (χ2v) is 8.61. The van der Waals surface area contributed by atoms with Crippen LogP contribution >= 0.6 is 0 Å². The van der Waals surface area contributed by atoms with Gasteiger partial charge < -0.3 is 14.7 Å².